The zero-order chi connectivity index (χ0) is 15.0. The number of aromatic nitrogens is 6. The van der Waals surface area contributed by atoms with Crippen LogP contribution < -0.4 is 0 Å². The van der Waals surface area contributed by atoms with Crippen molar-refractivity contribution in [2.45, 2.75) is 19.0 Å². The van der Waals surface area contributed by atoms with E-state index in [0.717, 1.165) is 31.3 Å². The van der Waals surface area contributed by atoms with E-state index in [4.69, 9.17) is 0 Å². The minimum absolute atomic E-state index is 0.196. The van der Waals surface area contributed by atoms with Crippen molar-refractivity contribution in [1.82, 2.24) is 39.6 Å². The van der Waals surface area contributed by atoms with Crippen LogP contribution in [0.1, 0.15) is 30.7 Å². The number of hydrogen-bond donors (Lipinski definition) is 0. The van der Waals surface area contributed by atoms with Crippen molar-refractivity contribution in [3.63, 3.8) is 0 Å². The van der Waals surface area contributed by atoms with Gasteiger partial charge in [-0.25, -0.2) is 9.67 Å². The first-order valence-electron chi connectivity index (χ1n) is 7.21. The van der Waals surface area contributed by atoms with Crippen molar-refractivity contribution in [2.24, 2.45) is 14.1 Å². The number of imidazole rings is 1. The molecule has 2 aromatic rings. The molecule has 0 saturated carbocycles. The molecule has 0 radical (unpaired) electrons. The van der Waals surface area contributed by atoms with Crippen molar-refractivity contribution < 1.29 is 0 Å². The molecule has 21 heavy (non-hydrogen) atoms. The Balaban J connectivity index is 1.80. The van der Waals surface area contributed by atoms with Crippen LogP contribution in [0.3, 0.4) is 0 Å². The lowest BCUT2D eigenvalue weighted by molar-refractivity contribution is 0.0600. The van der Waals surface area contributed by atoms with Crippen LogP contribution in [-0.4, -0.2) is 66.2 Å². The Labute approximate surface area is 124 Å². The number of nitrogens with zero attached hydrogens (tertiary/aromatic N) is 8. The van der Waals surface area contributed by atoms with Gasteiger partial charge in [0.15, 0.2) is 5.82 Å². The van der Waals surface area contributed by atoms with Gasteiger partial charge in [-0.1, -0.05) is 0 Å². The second-order valence-corrected chi connectivity index (χ2v) is 5.72. The summed E-state index contributed by atoms with van der Waals surface area (Å²) >= 11 is 0. The fraction of sp³-hybridized carbons (Fsp3) is 0.692. The molecule has 0 aliphatic carbocycles. The summed E-state index contributed by atoms with van der Waals surface area (Å²) in [7, 11) is 6.09. The predicted octanol–water partition coefficient (Wildman–Crippen LogP) is -0.00670. The van der Waals surface area contributed by atoms with Crippen molar-refractivity contribution in [3.05, 3.63) is 24.0 Å². The van der Waals surface area contributed by atoms with Gasteiger partial charge in [0.1, 0.15) is 5.82 Å². The Hall–Kier alpha value is -1.80. The molecule has 2 aromatic heterocycles. The van der Waals surface area contributed by atoms with E-state index in [9.17, 15) is 0 Å². The standard InChI is InChI=1S/C13H22N8/c1-10(12-15-16-17-20(12)4)21-8-7-18(2)11(9-21)13-14-5-6-19(13)3/h5-6,10-11H,7-9H2,1-4H3. The van der Waals surface area contributed by atoms with Gasteiger partial charge in [-0.2, -0.15) is 0 Å². The van der Waals surface area contributed by atoms with E-state index < -0.39 is 0 Å². The molecule has 0 amide bonds. The third-order valence-corrected chi connectivity index (χ3v) is 4.41. The summed E-state index contributed by atoms with van der Waals surface area (Å²) in [6.45, 7) is 5.10. The van der Waals surface area contributed by atoms with Gasteiger partial charge in [-0.3, -0.25) is 9.80 Å². The Kier molecular flexibility index (Phi) is 3.73. The molecule has 8 heteroatoms. The van der Waals surface area contributed by atoms with Gasteiger partial charge < -0.3 is 4.57 Å². The SMILES string of the molecule is CC(c1nnnn1C)N1CCN(C)C(c2nccn2C)C1. The van der Waals surface area contributed by atoms with Gasteiger partial charge in [0.2, 0.25) is 0 Å². The summed E-state index contributed by atoms with van der Waals surface area (Å²) in [6, 6.07) is 0.490. The minimum atomic E-state index is 0.196. The van der Waals surface area contributed by atoms with Gasteiger partial charge in [0.05, 0.1) is 12.1 Å². The highest BCUT2D eigenvalue weighted by Crippen LogP contribution is 2.27. The Bertz CT molecular complexity index is 603. The van der Waals surface area contributed by atoms with E-state index in [1.807, 2.05) is 26.5 Å². The molecule has 3 heterocycles. The molecule has 1 aliphatic heterocycles. The van der Waals surface area contributed by atoms with E-state index in [0.29, 0.717) is 6.04 Å². The van der Waals surface area contributed by atoms with Gasteiger partial charge >= 0.3 is 0 Å². The maximum absolute atomic E-state index is 4.51. The number of piperazine rings is 1. The van der Waals surface area contributed by atoms with Crippen LogP contribution in [0.25, 0.3) is 0 Å². The third kappa shape index (κ3) is 2.56. The van der Waals surface area contributed by atoms with E-state index in [1.54, 1.807) is 4.68 Å². The quantitative estimate of drug-likeness (QED) is 0.792. The molecule has 114 valence electrons. The first kappa shape index (κ1) is 14.2. The molecule has 0 spiro atoms. The number of likely N-dealkylation sites (N-methyl/N-ethyl adjacent to an activating group) is 1. The summed E-state index contributed by atoms with van der Waals surface area (Å²) in [5.74, 6) is 2.00. The van der Waals surface area contributed by atoms with Crippen molar-refractivity contribution >= 4 is 0 Å². The van der Waals surface area contributed by atoms with Crippen LogP contribution in [-0.2, 0) is 14.1 Å². The van der Waals surface area contributed by atoms with Crippen LogP contribution in [0.5, 0.6) is 0 Å². The highest BCUT2D eigenvalue weighted by molar-refractivity contribution is 5.03. The summed E-state index contributed by atoms with van der Waals surface area (Å²) in [4.78, 5) is 9.30. The van der Waals surface area contributed by atoms with Crippen molar-refractivity contribution in [1.29, 1.82) is 0 Å². The zero-order valence-electron chi connectivity index (χ0n) is 13.0. The van der Waals surface area contributed by atoms with Crippen molar-refractivity contribution in [3.8, 4) is 0 Å². The van der Waals surface area contributed by atoms with Gasteiger partial charge in [0.25, 0.3) is 0 Å². The molecule has 1 fully saturated rings. The number of hydrogen-bond acceptors (Lipinski definition) is 6. The predicted molar refractivity (Wildman–Crippen MR) is 77.4 cm³/mol. The number of aryl methyl sites for hydroxylation is 2. The average Bonchev–Trinajstić information content (AvgIpc) is 3.07. The first-order valence-corrected chi connectivity index (χ1v) is 7.21. The summed E-state index contributed by atoms with van der Waals surface area (Å²) in [5.41, 5.74) is 0. The molecule has 3 rings (SSSR count). The van der Waals surface area contributed by atoms with Gasteiger partial charge in [-0.15, -0.1) is 5.10 Å². The topological polar surface area (TPSA) is 67.9 Å². The second-order valence-electron chi connectivity index (χ2n) is 5.72. The molecule has 0 bridgehead atoms. The maximum Gasteiger partial charge on any atom is 0.167 e. The lowest BCUT2D eigenvalue weighted by Gasteiger charge is -2.41. The van der Waals surface area contributed by atoms with E-state index in [-0.39, 0.29) is 6.04 Å². The molecule has 0 aromatic carbocycles. The van der Waals surface area contributed by atoms with E-state index in [2.05, 4.69) is 48.8 Å². The van der Waals surface area contributed by atoms with E-state index >= 15 is 0 Å². The minimum Gasteiger partial charge on any atom is -0.337 e. The lowest BCUT2D eigenvalue weighted by Crippen LogP contribution is -2.48. The van der Waals surface area contributed by atoms with Crippen LogP contribution in [0.4, 0.5) is 0 Å². The monoisotopic (exact) mass is 290 g/mol. The summed E-state index contributed by atoms with van der Waals surface area (Å²) in [6.07, 6.45) is 3.86. The number of tetrazole rings is 1. The molecule has 2 atom stereocenters. The summed E-state index contributed by atoms with van der Waals surface area (Å²) < 4.78 is 3.85. The molecule has 0 N–H and O–H groups in total. The van der Waals surface area contributed by atoms with Crippen LogP contribution in [0.2, 0.25) is 0 Å². The fourth-order valence-electron chi connectivity index (χ4n) is 2.98. The Morgan fingerprint density at radius 1 is 1.24 bits per heavy atom. The first-order chi connectivity index (χ1) is 10.1. The van der Waals surface area contributed by atoms with Crippen LogP contribution >= 0.6 is 0 Å². The molecule has 2 unspecified atom stereocenters. The fourth-order valence-corrected chi connectivity index (χ4v) is 2.98. The Morgan fingerprint density at radius 2 is 2.05 bits per heavy atom. The highest BCUT2D eigenvalue weighted by Gasteiger charge is 2.32. The number of rotatable bonds is 3. The molecule has 8 nitrogen and oxygen atoms in total. The van der Waals surface area contributed by atoms with Crippen LogP contribution in [0.15, 0.2) is 12.4 Å². The molecular formula is C13H22N8. The van der Waals surface area contributed by atoms with Crippen molar-refractivity contribution in [2.75, 3.05) is 26.7 Å². The third-order valence-electron chi connectivity index (χ3n) is 4.41. The summed E-state index contributed by atoms with van der Waals surface area (Å²) in [5, 5.41) is 11.8. The van der Waals surface area contributed by atoms with E-state index in [1.165, 1.54) is 0 Å². The highest BCUT2D eigenvalue weighted by atomic mass is 15.5. The smallest absolute Gasteiger partial charge is 0.167 e. The Morgan fingerprint density at radius 3 is 2.67 bits per heavy atom. The molecule has 1 aliphatic rings. The molecule has 1 saturated heterocycles. The largest absolute Gasteiger partial charge is 0.337 e. The maximum atomic E-state index is 4.51. The average molecular weight is 290 g/mol. The molecular weight excluding hydrogens is 268 g/mol. The van der Waals surface area contributed by atoms with Crippen LogP contribution in [0, 0.1) is 0 Å². The van der Waals surface area contributed by atoms with Gasteiger partial charge in [0, 0.05) is 46.1 Å². The second kappa shape index (κ2) is 5.53. The normalized spacial score (nSPS) is 22.6. The lowest BCUT2D eigenvalue weighted by atomic mass is 10.1. The van der Waals surface area contributed by atoms with Gasteiger partial charge in [-0.05, 0) is 24.4 Å². The zero-order valence-corrected chi connectivity index (χ0v) is 13.0.